The SMILES string of the molecule is O=C(CN1CC2CCC(C1)O2)c1ccc2c(c1)CCO2. The first-order chi connectivity index (χ1) is 9.78. The van der Waals surface area contributed by atoms with E-state index < -0.39 is 0 Å². The molecule has 3 heterocycles. The Morgan fingerprint density at radius 3 is 2.85 bits per heavy atom. The van der Waals surface area contributed by atoms with Crippen LogP contribution in [-0.4, -0.2) is 49.1 Å². The van der Waals surface area contributed by atoms with Gasteiger partial charge in [-0.25, -0.2) is 0 Å². The van der Waals surface area contributed by atoms with Crippen LogP contribution in [0.3, 0.4) is 0 Å². The van der Waals surface area contributed by atoms with Gasteiger partial charge in [0.25, 0.3) is 0 Å². The Hall–Kier alpha value is -1.39. The predicted octanol–water partition coefficient (Wildman–Crippen LogP) is 1.67. The van der Waals surface area contributed by atoms with E-state index in [9.17, 15) is 4.79 Å². The van der Waals surface area contributed by atoms with Gasteiger partial charge in [-0.3, -0.25) is 9.69 Å². The van der Waals surface area contributed by atoms with Crippen molar-refractivity contribution in [3.8, 4) is 5.75 Å². The van der Waals surface area contributed by atoms with E-state index in [2.05, 4.69) is 4.90 Å². The average Bonchev–Trinajstić information content (AvgIpc) is 3.04. The van der Waals surface area contributed by atoms with Gasteiger partial charge >= 0.3 is 0 Å². The van der Waals surface area contributed by atoms with E-state index in [0.29, 0.717) is 18.8 Å². The number of likely N-dealkylation sites (tertiary alicyclic amines) is 1. The highest BCUT2D eigenvalue weighted by Gasteiger charge is 2.34. The molecule has 0 N–H and O–H groups in total. The number of hydrogen-bond acceptors (Lipinski definition) is 4. The number of morpholine rings is 1. The third-order valence-electron chi connectivity index (χ3n) is 4.50. The Labute approximate surface area is 118 Å². The lowest BCUT2D eigenvalue weighted by molar-refractivity contribution is -0.0355. The van der Waals surface area contributed by atoms with Crippen molar-refractivity contribution in [2.24, 2.45) is 0 Å². The molecule has 2 atom stereocenters. The molecule has 2 unspecified atom stereocenters. The number of hydrogen-bond donors (Lipinski definition) is 0. The summed E-state index contributed by atoms with van der Waals surface area (Å²) in [5, 5.41) is 0. The Morgan fingerprint density at radius 1 is 1.25 bits per heavy atom. The first kappa shape index (κ1) is 12.4. The number of fused-ring (bicyclic) bond motifs is 3. The number of nitrogens with zero attached hydrogens (tertiary/aromatic N) is 1. The molecule has 1 aromatic carbocycles. The molecule has 3 aliphatic rings. The molecule has 1 aromatic rings. The van der Waals surface area contributed by atoms with E-state index in [1.165, 1.54) is 0 Å². The molecule has 20 heavy (non-hydrogen) atoms. The number of carbonyl (C=O) groups excluding carboxylic acids is 1. The number of ketones is 1. The molecule has 2 bridgehead atoms. The van der Waals surface area contributed by atoms with E-state index in [1.54, 1.807) is 0 Å². The van der Waals surface area contributed by atoms with E-state index in [0.717, 1.165) is 55.8 Å². The monoisotopic (exact) mass is 273 g/mol. The summed E-state index contributed by atoms with van der Waals surface area (Å²) in [5.74, 6) is 1.15. The summed E-state index contributed by atoms with van der Waals surface area (Å²) in [5.41, 5.74) is 1.98. The summed E-state index contributed by atoms with van der Waals surface area (Å²) in [6.07, 6.45) is 3.89. The van der Waals surface area contributed by atoms with Crippen LogP contribution in [-0.2, 0) is 11.2 Å². The lowest BCUT2D eigenvalue weighted by Gasteiger charge is -2.31. The first-order valence-electron chi connectivity index (χ1n) is 7.45. The van der Waals surface area contributed by atoms with Gasteiger partial charge in [-0.1, -0.05) is 0 Å². The normalized spacial score (nSPS) is 28.2. The molecule has 0 spiro atoms. The third-order valence-corrected chi connectivity index (χ3v) is 4.50. The second-order valence-corrected chi connectivity index (χ2v) is 6.00. The van der Waals surface area contributed by atoms with Gasteiger partial charge in [-0.05, 0) is 36.6 Å². The average molecular weight is 273 g/mol. The fourth-order valence-corrected chi connectivity index (χ4v) is 3.48. The standard InChI is InChI=1S/C16H19NO3/c18-15(10-17-8-13-2-3-14(9-17)20-13)11-1-4-16-12(7-11)5-6-19-16/h1,4,7,13-14H,2-3,5-6,8-10H2. The number of benzene rings is 1. The van der Waals surface area contributed by atoms with Gasteiger partial charge in [0.2, 0.25) is 0 Å². The minimum atomic E-state index is 0.209. The number of ether oxygens (including phenoxy) is 2. The quantitative estimate of drug-likeness (QED) is 0.785. The molecule has 0 aliphatic carbocycles. The van der Waals surface area contributed by atoms with Gasteiger partial charge in [0.1, 0.15) is 5.75 Å². The molecule has 2 fully saturated rings. The van der Waals surface area contributed by atoms with Gasteiger partial charge in [0, 0.05) is 25.1 Å². The van der Waals surface area contributed by atoms with Crippen LogP contribution in [0.5, 0.6) is 5.75 Å². The van der Waals surface area contributed by atoms with Crippen LogP contribution in [0.2, 0.25) is 0 Å². The molecule has 4 nitrogen and oxygen atoms in total. The fraction of sp³-hybridized carbons (Fsp3) is 0.562. The van der Waals surface area contributed by atoms with Crippen molar-refractivity contribution in [1.29, 1.82) is 0 Å². The maximum absolute atomic E-state index is 12.4. The van der Waals surface area contributed by atoms with Crippen LogP contribution in [0.15, 0.2) is 18.2 Å². The number of carbonyl (C=O) groups is 1. The van der Waals surface area contributed by atoms with Crippen molar-refractivity contribution in [1.82, 2.24) is 4.90 Å². The molecular formula is C16H19NO3. The van der Waals surface area contributed by atoms with Crippen LogP contribution < -0.4 is 4.74 Å². The van der Waals surface area contributed by atoms with Crippen LogP contribution in [0.1, 0.15) is 28.8 Å². The molecule has 0 amide bonds. The highest BCUT2D eigenvalue weighted by molar-refractivity contribution is 5.98. The molecule has 4 rings (SSSR count). The maximum atomic E-state index is 12.4. The Bertz CT molecular complexity index is 531. The largest absolute Gasteiger partial charge is 0.493 e. The highest BCUT2D eigenvalue weighted by Crippen LogP contribution is 2.28. The Morgan fingerprint density at radius 2 is 2.05 bits per heavy atom. The van der Waals surface area contributed by atoms with E-state index in [-0.39, 0.29) is 5.78 Å². The van der Waals surface area contributed by atoms with Crippen LogP contribution in [0.4, 0.5) is 0 Å². The predicted molar refractivity (Wildman–Crippen MR) is 74.3 cm³/mol. The number of Topliss-reactive ketones (excluding diaryl/α,β-unsaturated/α-hetero) is 1. The van der Waals surface area contributed by atoms with E-state index >= 15 is 0 Å². The van der Waals surface area contributed by atoms with Gasteiger partial charge < -0.3 is 9.47 Å². The van der Waals surface area contributed by atoms with Gasteiger partial charge in [-0.15, -0.1) is 0 Å². The zero-order valence-corrected chi connectivity index (χ0v) is 11.5. The first-order valence-corrected chi connectivity index (χ1v) is 7.45. The lowest BCUT2D eigenvalue weighted by atomic mass is 10.0. The van der Waals surface area contributed by atoms with Crippen molar-refractivity contribution in [3.05, 3.63) is 29.3 Å². The van der Waals surface area contributed by atoms with E-state index in [4.69, 9.17) is 9.47 Å². The summed E-state index contributed by atoms with van der Waals surface area (Å²) in [6.45, 7) is 3.04. The fourth-order valence-electron chi connectivity index (χ4n) is 3.48. The molecule has 0 saturated carbocycles. The van der Waals surface area contributed by atoms with Crippen molar-refractivity contribution in [2.45, 2.75) is 31.5 Å². The highest BCUT2D eigenvalue weighted by atomic mass is 16.5. The molecule has 2 saturated heterocycles. The van der Waals surface area contributed by atoms with Crippen molar-refractivity contribution >= 4 is 5.78 Å². The van der Waals surface area contributed by atoms with Gasteiger partial charge in [-0.2, -0.15) is 0 Å². The molecule has 0 aromatic heterocycles. The zero-order chi connectivity index (χ0) is 13.5. The summed E-state index contributed by atoms with van der Waals surface area (Å²) in [6, 6.07) is 5.82. The third kappa shape index (κ3) is 2.23. The van der Waals surface area contributed by atoms with Crippen LogP contribution >= 0.6 is 0 Å². The maximum Gasteiger partial charge on any atom is 0.176 e. The van der Waals surface area contributed by atoms with E-state index in [1.807, 2.05) is 18.2 Å². The molecular weight excluding hydrogens is 254 g/mol. The summed E-state index contributed by atoms with van der Waals surface area (Å²) < 4.78 is 11.3. The second kappa shape index (κ2) is 4.86. The summed E-state index contributed by atoms with van der Waals surface area (Å²) >= 11 is 0. The minimum Gasteiger partial charge on any atom is -0.493 e. The molecule has 0 radical (unpaired) electrons. The minimum absolute atomic E-state index is 0.209. The lowest BCUT2D eigenvalue weighted by Crippen LogP contribution is -2.44. The smallest absolute Gasteiger partial charge is 0.176 e. The topological polar surface area (TPSA) is 38.8 Å². The van der Waals surface area contributed by atoms with Gasteiger partial charge in [0.15, 0.2) is 5.78 Å². The van der Waals surface area contributed by atoms with Crippen LogP contribution in [0.25, 0.3) is 0 Å². The van der Waals surface area contributed by atoms with Crippen molar-refractivity contribution in [2.75, 3.05) is 26.2 Å². The summed E-state index contributed by atoms with van der Waals surface area (Å²) in [4.78, 5) is 14.7. The molecule has 106 valence electrons. The Kier molecular flexibility index (Phi) is 3.00. The Balaban J connectivity index is 1.45. The van der Waals surface area contributed by atoms with Crippen molar-refractivity contribution < 1.29 is 14.3 Å². The molecule has 3 aliphatic heterocycles. The van der Waals surface area contributed by atoms with Crippen molar-refractivity contribution in [3.63, 3.8) is 0 Å². The summed E-state index contributed by atoms with van der Waals surface area (Å²) in [7, 11) is 0. The molecule has 4 heteroatoms. The second-order valence-electron chi connectivity index (χ2n) is 6.00. The number of rotatable bonds is 3. The van der Waals surface area contributed by atoms with Gasteiger partial charge in [0.05, 0.1) is 25.4 Å². The zero-order valence-electron chi connectivity index (χ0n) is 11.5. The van der Waals surface area contributed by atoms with Crippen LogP contribution in [0, 0.1) is 0 Å².